The minimum absolute atomic E-state index is 0.0482. The summed E-state index contributed by atoms with van der Waals surface area (Å²) in [6.45, 7) is 0.577. The number of benzene rings is 1. The second-order valence-electron chi connectivity index (χ2n) is 4.85. The fraction of sp³-hybridized carbons (Fsp3) is 0.500. The molecule has 1 aliphatic carbocycles. The number of carbonyl (C=O) groups excluding carboxylic acids is 1. The quantitative estimate of drug-likeness (QED) is 0.799. The van der Waals surface area contributed by atoms with E-state index in [0.717, 1.165) is 24.8 Å². The van der Waals surface area contributed by atoms with Crippen molar-refractivity contribution in [1.82, 2.24) is 5.32 Å². The van der Waals surface area contributed by atoms with Crippen molar-refractivity contribution in [3.05, 3.63) is 23.8 Å². The van der Waals surface area contributed by atoms with E-state index in [2.05, 4.69) is 5.32 Å². The molecule has 0 atom stereocenters. The van der Waals surface area contributed by atoms with Crippen LogP contribution < -0.4 is 20.5 Å². The number of rotatable bonds is 6. The minimum atomic E-state index is -0.600. The monoisotopic (exact) mass is 264 g/mol. The molecule has 104 valence electrons. The fourth-order valence-corrected chi connectivity index (χ4v) is 1.89. The van der Waals surface area contributed by atoms with Crippen LogP contribution in [0.5, 0.6) is 11.5 Å². The van der Waals surface area contributed by atoms with Crippen LogP contribution in [0, 0.1) is 0 Å². The molecule has 1 amide bonds. The van der Waals surface area contributed by atoms with Gasteiger partial charge in [-0.25, -0.2) is 0 Å². The Morgan fingerprint density at radius 2 is 2.00 bits per heavy atom. The number of carbonyl (C=O) groups is 1. The molecular weight excluding hydrogens is 244 g/mol. The molecule has 1 aromatic carbocycles. The summed E-state index contributed by atoms with van der Waals surface area (Å²) in [4.78, 5) is 11.7. The van der Waals surface area contributed by atoms with Crippen molar-refractivity contribution in [2.24, 2.45) is 5.73 Å². The van der Waals surface area contributed by atoms with E-state index in [1.54, 1.807) is 14.2 Å². The molecular formula is C14H20N2O3. The first-order valence-corrected chi connectivity index (χ1v) is 6.37. The van der Waals surface area contributed by atoms with E-state index in [-0.39, 0.29) is 5.91 Å². The van der Waals surface area contributed by atoms with Gasteiger partial charge in [0, 0.05) is 6.54 Å². The molecule has 0 saturated heterocycles. The van der Waals surface area contributed by atoms with Gasteiger partial charge in [-0.15, -0.1) is 0 Å². The Balaban J connectivity index is 1.87. The summed E-state index contributed by atoms with van der Waals surface area (Å²) >= 11 is 0. The zero-order chi connectivity index (χ0) is 13.9. The number of methoxy groups -OCH3 is 2. The van der Waals surface area contributed by atoms with Crippen molar-refractivity contribution >= 4 is 5.91 Å². The first kappa shape index (κ1) is 13.7. The average molecular weight is 264 g/mol. The van der Waals surface area contributed by atoms with Crippen molar-refractivity contribution in [2.45, 2.75) is 24.8 Å². The maximum absolute atomic E-state index is 11.7. The zero-order valence-electron chi connectivity index (χ0n) is 11.4. The van der Waals surface area contributed by atoms with Gasteiger partial charge in [-0.2, -0.15) is 0 Å². The van der Waals surface area contributed by atoms with Crippen molar-refractivity contribution in [3.8, 4) is 11.5 Å². The third-order valence-corrected chi connectivity index (χ3v) is 3.39. The molecule has 19 heavy (non-hydrogen) atoms. The predicted octanol–water partition coefficient (Wildman–Crippen LogP) is 0.854. The Kier molecular flexibility index (Phi) is 3.95. The Morgan fingerprint density at radius 3 is 2.58 bits per heavy atom. The van der Waals surface area contributed by atoms with Crippen LogP contribution in [0.1, 0.15) is 18.4 Å². The summed E-state index contributed by atoms with van der Waals surface area (Å²) in [6, 6.07) is 5.74. The lowest BCUT2D eigenvalue weighted by Gasteiger charge is -2.11. The van der Waals surface area contributed by atoms with Crippen LogP contribution in [0.2, 0.25) is 0 Å². The number of hydrogen-bond donors (Lipinski definition) is 2. The molecule has 3 N–H and O–H groups in total. The highest BCUT2D eigenvalue weighted by atomic mass is 16.5. The maximum atomic E-state index is 11.7. The van der Waals surface area contributed by atoms with Gasteiger partial charge in [0.15, 0.2) is 11.5 Å². The van der Waals surface area contributed by atoms with E-state index in [0.29, 0.717) is 18.0 Å². The smallest absolute Gasteiger partial charge is 0.240 e. The van der Waals surface area contributed by atoms with E-state index in [4.69, 9.17) is 15.2 Å². The van der Waals surface area contributed by atoms with Gasteiger partial charge in [-0.3, -0.25) is 4.79 Å². The average Bonchev–Trinajstić information content (AvgIpc) is 3.17. The molecule has 5 nitrogen and oxygen atoms in total. The van der Waals surface area contributed by atoms with Crippen LogP contribution in [0.15, 0.2) is 18.2 Å². The molecule has 0 spiro atoms. The first-order valence-electron chi connectivity index (χ1n) is 6.37. The molecule has 0 bridgehead atoms. The van der Waals surface area contributed by atoms with Gasteiger partial charge in [0.05, 0.1) is 19.8 Å². The molecule has 5 heteroatoms. The van der Waals surface area contributed by atoms with E-state index >= 15 is 0 Å². The van der Waals surface area contributed by atoms with Gasteiger partial charge < -0.3 is 20.5 Å². The SMILES string of the molecule is COc1ccc(CCNC(=O)C2(N)CC2)cc1OC. The van der Waals surface area contributed by atoms with Gasteiger partial charge in [0.1, 0.15) is 0 Å². The molecule has 2 rings (SSSR count). The number of nitrogens with two attached hydrogens (primary N) is 1. The van der Waals surface area contributed by atoms with E-state index in [1.165, 1.54) is 0 Å². The van der Waals surface area contributed by atoms with Crippen LogP contribution in [0.25, 0.3) is 0 Å². The van der Waals surface area contributed by atoms with Gasteiger partial charge in [-0.1, -0.05) is 6.07 Å². The Hall–Kier alpha value is -1.75. The Morgan fingerprint density at radius 1 is 1.32 bits per heavy atom. The maximum Gasteiger partial charge on any atom is 0.240 e. The molecule has 1 aromatic rings. The van der Waals surface area contributed by atoms with Gasteiger partial charge in [-0.05, 0) is 37.0 Å². The summed E-state index contributed by atoms with van der Waals surface area (Å²) in [7, 11) is 3.21. The van der Waals surface area contributed by atoms with Crippen LogP contribution in [0.3, 0.4) is 0 Å². The normalized spacial score (nSPS) is 15.7. The van der Waals surface area contributed by atoms with E-state index in [1.807, 2.05) is 18.2 Å². The van der Waals surface area contributed by atoms with Crippen LogP contribution in [-0.2, 0) is 11.2 Å². The molecule has 1 fully saturated rings. The molecule has 0 radical (unpaired) electrons. The molecule has 1 saturated carbocycles. The number of ether oxygens (including phenoxy) is 2. The van der Waals surface area contributed by atoms with Gasteiger partial charge in [0.2, 0.25) is 5.91 Å². The minimum Gasteiger partial charge on any atom is -0.493 e. The van der Waals surface area contributed by atoms with Gasteiger partial charge >= 0.3 is 0 Å². The highest BCUT2D eigenvalue weighted by Crippen LogP contribution is 2.32. The highest BCUT2D eigenvalue weighted by molar-refractivity contribution is 5.88. The van der Waals surface area contributed by atoms with E-state index in [9.17, 15) is 4.79 Å². The summed E-state index contributed by atoms with van der Waals surface area (Å²) in [5, 5.41) is 2.86. The summed E-state index contributed by atoms with van der Waals surface area (Å²) in [6.07, 6.45) is 2.31. The fourth-order valence-electron chi connectivity index (χ4n) is 1.89. The largest absolute Gasteiger partial charge is 0.493 e. The lowest BCUT2D eigenvalue weighted by molar-refractivity contribution is -0.123. The predicted molar refractivity (Wildman–Crippen MR) is 72.4 cm³/mol. The Labute approximate surface area is 113 Å². The summed E-state index contributed by atoms with van der Waals surface area (Å²) in [5.74, 6) is 1.35. The lowest BCUT2D eigenvalue weighted by atomic mass is 10.1. The van der Waals surface area contributed by atoms with Crippen LogP contribution >= 0.6 is 0 Å². The molecule has 0 aliphatic heterocycles. The summed E-state index contributed by atoms with van der Waals surface area (Å²) < 4.78 is 10.4. The van der Waals surface area contributed by atoms with Crippen molar-refractivity contribution in [2.75, 3.05) is 20.8 Å². The van der Waals surface area contributed by atoms with Crippen LogP contribution in [-0.4, -0.2) is 32.2 Å². The topological polar surface area (TPSA) is 73.6 Å². The first-order chi connectivity index (χ1) is 9.09. The number of nitrogens with one attached hydrogen (secondary N) is 1. The Bertz CT molecular complexity index is 470. The number of hydrogen-bond acceptors (Lipinski definition) is 4. The van der Waals surface area contributed by atoms with Crippen molar-refractivity contribution < 1.29 is 14.3 Å². The highest BCUT2D eigenvalue weighted by Gasteiger charge is 2.45. The zero-order valence-corrected chi connectivity index (χ0v) is 11.4. The van der Waals surface area contributed by atoms with Gasteiger partial charge in [0.25, 0.3) is 0 Å². The third-order valence-electron chi connectivity index (χ3n) is 3.39. The second kappa shape index (κ2) is 5.48. The van der Waals surface area contributed by atoms with E-state index < -0.39 is 5.54 Å². The van der Waals surface area contributed by atoms with Crippen LogP contribution in [0.4, 0.5) is 0 Å². The third kappa shape index (κ3) is 3.17. The molecule has 1 aliphatic rings. The van der Waals surface area contributed by atoms with Crippen molar-refractivity contribution in [1.29, 1.82) is 0 Å². The lowest BCUT2D eigenvalue weighted by Crippen LogP contribution is -2.43. The molecule has 0 heterocycles. The molecule has 0 aromatic heterocycles. The summed E-state index contributed by atoms with van der Waals surface area (Å²) in [5.41, 5.74) is 6.29. The standard InChI is InChI=1S/C14H20N2O3/c1-18-11-4-3-10(9-12(11)19-2)5-8-16-13(17)14(15)6-7-14/h3-4,9H,5-8,15H2,1-2H3,(H,16,17). The number of amides is 1. The molecule has 0 unspecified atom stereocenters. The second-order valence-corrected chi connectivity index (χ2v) is 4.85. The van der Waals surface area contributed by atoms with Crippen molar-refractivity contribution in [3.63, 3.8) is 0 Å².